The molecule has 0 amide bonds. The Labute approximate surface area is 104 Å². The second kappa shape index (κ2) is 5.49. The molecule has 0 heterocycles. The number of Topliss-reactive ketones (excluding diaryl/α,β-unsaturated/α-hetero) is 1. The van der Waals surface area contributed by atoms with E-state index < -0.39 is 12.1 Å². The van der Waals surface area contributed by atoms with Crippen molar-refractivity contribution < 1.29 is 9.90 Å². The molecular weight excluding hydrogens is 230 g/mol. The minimum absolute atomic E-state index is 0.0680. The number of hydrogen-bond donors (Lipinski definition) is 1. The van der Waals surface area contributed by atoms with Crippen LogP contribution in [-0.2, 0) is 4.79 Å². The van der Waals surface area contributed by atoms with Gasteiger partial charge < -0.3 is 5.11 Å². The van der Waals surface area contributed by atoms with Crippen LogP contribution in [-0.4, -0.2) is 23.0 Å². The van der Waals surface area contributed by atoms with Gasteiger partial charge in [-0.05, 0) is 23.6 Å². The van der Waals surface area contributed by atoms with Gasteiger partial charge in [-0.15, -0.1) is 0 Å². The largest absolute Gasteiger partial charge is 0.392 e. The molecule has 1 aromatic rings. The molecule has 1 saturated carbocycles. The molecule has 0 saturated heterocycles. The van der Waals surface area contributed by atoms with Crippen molar-refractivity contribution in [2.24, 2.45) is 5.11 Å². The number of ketones is 1. The van der Waals surface area contributed by atoms with Gasteiger partial charge in [0.25, 0.3) is 0 Å². The Morgan fingerprint density at radius 2 is 2.11 bits per heavy atom. The van der Waals surface area contributed by atoms with Crippen LogP contribution in [0.25, 0.3) is 16.5 Å². The van der Waals surface area contributed by atoms with E-state index in [0.29, 0.717) is 12.0 Å². The van der Waals surface area contributed by atoms with Crippen molar-refractivity contribution >= 4 is 11.9 Å². The topological polar surface area (TPSA) is 86.1 Å². The minimum Gasteiger partial charge on any atom is -0.392 e. The monoisotopic (exact) mass is 243 g/mol. The molecular formula is C13H13N3O2. The van der Waals surface area contributed by atoms with Crippen LogP contribution >= 0.6 is 0 Å². The molecule has 2 unspecified atom stereocenters. The molecule has 1 fully saturated rings. The van der Waals surface area contributed by atoms with Gasteiger partial charge in [0.2, 0.25) is 0 Å². The van der Waals surface area contributed by atoms with Crippen molar-refractivity contribution in [1.82, 2.24) is 0 Å². The molecule has 1 aromatic carbocycles. The van der Waals surface area contributed by atoms with E-state index >= 15 is 0 Å². The number of aliphatic hydroxyl groups is 1. The maximum Gasteiger partial charge on any atom is 0.159 e. The second-order valence-corrected chi connectivity index (χ2v) is 4.19. The first kappa shape index (κ1) is 12.4. The van der Waals surface area contributed by atoms with Gasteiger partial charge in [0.1, 0.15) is 0 Å². The number of aliphatic hydroxyl groups excluding tert-OH is 1. The molecule has 5 heteroatoms. The fourth-order valence-electron chi connectivity index (χ4n) is 2.04. The van der Waals surface area contributed by atoms with E-state index in [1.54, 1.807) is 6.08 Å². The first-order valence-corrected chi connectivity index (χ1v) is 5.74. The van der Waals surface area contributed by atoms with Gasteiger partial charge in [0.15, 0.2) is 5.78 Å². The third-order valence-corrected chi connectivity index (χ3v) is 2.97. The van der Waals surface area contributed by atoms with Crippen molar-refractivity contribution in [3.8, 4) is 0 Å². The number of azide groups is 1. The highest BCUT2D eigenvalue weighted by atomic mass is 16.3. The summed E-state index contributed by atoms with van der Waals surface area (Å²) in [5.41, 5.74) is 9.76. The normalized spacial score (nSPS) is 25.8. The van der Waals surface area contributed by atoms with Crippen LogP contribution in [0.1, 0.15) is 18.4 Å². The minimum atomic E-state index is -0.784. The van der Waals surface area contributed by atoms with Gasteiger partial charge in [0, 0.05) is 16.9 Å². The molecule has 1 N–H and O–H groups in total. The lowest BCUT2D eigenvalue weighted by molar-refractivity contribution is -0.118. The van der Waals surface area contributed by atoms with Crippen LogP contribution in [0, 0.1) is 0 Å². The van der Waals surface area contributed by atoms with Crippen molar-refractivity contribution in [3.05, 3.63) is 51.9 Å². The summed E-state index contributed by atoms with van der Waals surface area (Å²) in [6.45, 7) is 0. The van der Waals surface area contributed by atoms with Crippen LogP contribution in [0.5, 0.6) is 0 Å². The summed E-state index contributed by atoms with van der Waals surface area (Å²) in [4.78, 5) is 14.6. The highest BCUT2D eigenvalue weighted by Gasteiger charge is 2.31. The van der Waals surface area contributed by atoms with E-state index in [9.17, 15) is 9.90 Å². The number of benzene rings is 1. The second-order valence-electron chi connectivity index (χ2n) is 4.19. The van der Waals surface area contributed by atoms with Gasteiger partial charge in [-0.25, -0.2) is 0 Å². The summed E-state index contributed by atoms with van der Waals surface area (Å²) < 4.78 is 0. The highest BCUT2D eigenvalue weighted by molar-refractivity contribution is 6.01. The first-order chi connectivity index (χ1) is 8.72. The number of hydrogen-bond acceptors (Lipinski definition) is 3. The lowest BCUT2D eigenvalue weighted by Crippen LogP contribution is -2.34. The predicted molar refractivity (Wildman–Crippen MR) is 67.6 cm³/mol. The van der Waals surface area contributed by atoms with Crippen LogP contribution in [0.15, 0.2) is 41.0 Å². The molecule has 2 atom stereocenters. The zero-order chi connectivity index (χ0) is 13.0. The summed E-state index contributed by atoms with van der Waals surface area (Å²) in [7, 11) is 0. The zero-order valence-electron chi connectivity index (χ0n) is 9.73. The molecule has 1 aliphatic rings. The molecule has 0 radical (unpaired) electrons. The van der Waals surface area contributed by atoms with E-state index in [-0.39, 0.29) is 12.2 Å². The standard InChI is InChI=1S/C13H13N3O2/c14-16-15-13-10(11(17)6-7-12(13)18)8-9-4-2-1-3-5-9/h1-5,8,12-13,18H,6-7H2. The Hall–Kier alpha value is -2.10. The fraction of sp³-hybridized carbons (Fsp3) is 0.308. The van der Waals surface area contributed by atoms with E-state index in [2.05, 4.69) is 10.0 Å². The lowest BCUT2D eigenvalue weighted by atomic mass is 9.86. The summed E-state index contributed by atoms with van der Waals surface area (Å²) in [6, 6.07) is 8.53. The van der Waals surface area contributed by atoms with Crippen LogP contribution in [0.2, 0.25) is 0 Å². The van der Waals surface area contributed by atoms with Crippen molar-refractivity contribution in [3.63, 3.8) is 0 Å². The smallest absolute Gasteiger partial charge is 0.159 e. The highest BCUT2D eigenvalue weighted by Crippen LogP contribution is 2.26. The third-order valence-electron chi connectivity index (χ3n) is 2.97. The summed E-state index contributed by atoms with van der Waals surface area (Å²) in [5.74, 6) is -0.0680. The van der Waals surface area contributed by atoms with E-state index in [4.69, 9.17) is 5.53 Å². The number of carbonyl (C=O) groups is 1. The lowest BCUT2D eigenvalue weighted by Gasteiger charge is -2.25. The fourth-order valence-corrected chi connectivity index (χ4v) is 2.04. The van der Waals surface area contributed by atoms with Crippen LogP contribution < -0.4 is 0 Å². The quantitative estimate of drug-likeness (QED) is 0.374. The maximum absolute atomic E-state index is 11.9. The molecule has 0 bridgehead atoms. The van der Waals surface area contributed by atoms with Gasteiger partial charge in [-0.3, -0.25) is 4.79 Å². The Balaban J connectivity index is 2.40. The number of nitrogens with zero attached hydrogens (tertiary/aromatic N) is 3. The summed E-state index contributed by atoms with van der Waals surface area (Å²) in [5, 5.41) is 13.3. The number of rotatable bonds is 2. The van der Waals surface area contributed by atoms with Crippen LogP contribution in [0.3, 0.4) is 0 Å². The maximum atomic E-state index is 11.9. The Morgan fingerprint density at radius 1 is 1.39 bits per heavy atom. The molecule has 0 aliphatic heterocycles. The van der Waals surface area contributed by atoms with Gasteiger partial charge in [0.05, 0.1) is 12.1 Å². The van der Waals surface area contributed by atoms with Gasteiger partial charge in [-0.1, -0.05) is 35.4 Å². The third kappa shape index (κ3) is 2.59. The zero-order valence-corrected chi connectivity index (χ0v) is 9.73. The molecule has 0 aromatic heterocycles. The van der Waals surface area contributed by atoms with E-state index in [1.807, 2.05) is 30.3 Å². The molecule has 18 heavy (non-hydrogen) atoms. The summed E-state index contributed by atoms with van der Waals surface area (Å²) >= 11 is 0. The number of carbonyl (C=O) groups excluding carboxylic acids is 1. The predicted octanol–water partition coefficient (Wildman–Crippen LogP) is 2.47. The van der Waals surface area contributed by atoms with Crippen LogP contribution in [0.4, 0.5) is 0 Å². The van der Waals surface area contributed by atoms with Crippen molar-refractivity contribution in [2.75, 3.05) is 0 Å². The van der Waals surface area contributed by atoms with Gasteiger partial charge in [-0.2, -0.15) is 0 Å². The average molecular weight is 243 g/mol. The Bertz CT molecular complexity index is 518. The molecule has 0 spiro atoms. The SMILES string of the molecule is [N-]=[N+]=NC1C(=Cc2ccccc2)C(=O)CCC1O. The van der Waals surface area contributed by atoms with Gasteiger partial charge >= 0.3 is 0 Å². The average Bonchev–Trinajstić information content (AvgIpc) is 2.39. The molecule has 92 valence electrons. The molecule has 1 aliphatic carbocycles. The first-order valence-electron chi connectivity index (χ1n) is 5.74. The van der Waals surface area contributed by atoms with Crippen molar-refractivity contribution in [2.45, 2.75) is 25.0 Å². The van der Waals surface area contributed by atoms with E-state index in [0.717, 1.165) is 5.56 Å². The Morgan fingerprint density at radius 3 is 2.78 bits per heavy atom. The van der Waals surface area contributed by atoms with E-state index in [1.165, 1.54) is 0 Å². The molecule has 2 rings (SSSR count). The van der Waals surface area contributed by atoms with Crippen molar-refractivity contribution in [1.29, 1.82) is 0 Å². The Kier molecular flexibility index (Phi) is 3.77. The summed E-state index contributed by atoms with van der Waals surface area (Å²) in [6.07, 6.45) is 1.53. The molecule has 5 nitrogen and oxygen atoms in total.